The number of aromatic amines is 1. The van der Waals surface area contributed by atoms with E-state index >= 15 is 0 Å². The standard InChI is InChI=1S/C15H20ClFN2S/c1-2-3-4-5-6-7-8-19-14-9-11(16)12(17)10-13(14)18-15(19)20/h9-10H,2-8H2,1H3,(H,18,20). The van der Waals surface area contributed by atoms with E-state index < -0.39 is 5.82 Å². The maximum Gasteiger partial charge on any atom is 0.178 e. The van der Waals surface area contributed by atoms with Crippen LogP contribution in [0.4, 0.5) is 4.39 Å². The lowest BCUT2D eigenvalue weighted by molar-refractivity contribution is 0.561. The Morgan fingerprint density at radius 2 is 1.90 bits per heavy atom. The van der Waals surface area contributed by atoms with Crippen LogP contribution in [-0.4, -0.2) is 9.55 Å². The third-order valence-corrected chi connectivity index (χ3v) is 4.16. The second-order valence-electron chi connectivity index (χ2n) is 5.13. The van der Waals surface area contributed by atoms with Crippen LogP contribution in [0.1, 0.15) is 45.4 Å². The lowest BCUT2D eigenvalue weighted by Gasteiger charge is -2.05. The molecule has 0 bridgehead atoms. The van der Waals surface area contributed by atoms with E-state index in [1.54, 1.807) is 6.07 Å². The zero-order chi connectivity index (χ0) is 14.5. The molecule has 1 aromatic heterocycles. The molecule has 5 heteroatoms. The van der Waals surface area contributed by atoms with Gasteiger partial charge < -0.3 is 9.55 Å². The van der Waals surface area contributed by atoms with E-state index in [0.717, 1.165) is 18.5 Å². The monoisotopic (exact) mass is 314 g/mol. The SMILES string of the molecule is CCCCCCCCn1c(=S)[nH]c2cc(F)c(Cl)cc21. The summed E-state index contributed by atoms with van der Waals surface area (Å²) in [5.74, 6) is -0.415. The van der Waals surface area contributed by atoms with Crippen LogP contribution in [0.25, 0.3) is 11.0 Å². The Kier molecular flexibility index (Phi) is 5.61. The van der Waals surface area contributed by atoms with Gasteiger partial charge in [0.25, 0.3) is 0 Å². The molecule has 0 amide bonds. The smallest absolute Gasteiger partial charge is 0.178 e. The molecular formula is C15H20ClFN2S. The quantitative estimate of drug-likeness (QED) is 0.502. The first-order chi connectivity index (χ1) is 9.63. The molecule has 2 nitrogen and oxygen atoms in total. The topological polar surface area (TPSA) is 20.7 Å². The average molecular weight is 315 g/mol. The fraction of sp³-hybridized carbons (Fsp3) is 0.533. The molecular weight excluding hydrogens is 295 g/mol. The molecule has 0 spiro atoms. The first-order valence-electron chi connectivity index (χ1n) is 7.21. The number of unbranched alkanes of at least 4 members (excludes halogenated alkanes) is 5. The molecule has 0 fully saturated rings. The predicted octanol–water partition coefficient (Wildman–Crippen LogP) is 5.85. The van der Waals surface area contributed by atoms with Gasteiger partial charge in [0, 0.05) is 12.6 Å². The Hall–Kier alpha value is -0.870. The summed E-state index contributed by atoms with van der Waals surface area (Å²) in [5.41, 5.74) is 1.60. The fourth-order valence-electron chi connectivity index (χ4n) is 2.42. The highest BCUT2D eigenvalue weighted by Gasteiger charge is 2.08. The van der Waals surface area contributed by atoms with Gasteiger partial charge in [-0.2, -0.15) is 0 Å². The number of aromatic nitrogens is 2. The van der Waals surface area contributed by atoms with E-state index in [1.807, 2.05) is 4.57 Å². The summed E-state index contributed by atoms with van der Waals surface area (Å²) in [7, 11) is 0. The first kappa shape index (κ1) is 15.5. The molecule has 0 saturated heterocycles. The van der Waals surface area contributed by atoms with E-state index in [9.17, 15) is 4.39 Å². The van der Waals surface area contributed by atoms with Crippen molar-refractivity contribution in [1.29, 1.82) is 0 Å². The van der Waals surface area contributed by atoms with Crippen molar-refractivity contribution < 1.29 is 4.39 Å². The van der Waals surface area contributed by atoms with Crippen LogP contribution in [0.15, 0.2) is 12.1 Å². The van der Waals surface area contributed by atoms with E-state index in [4.69, 9.17) is 23.8 Å². The summed E-state index contributed by atoms with van der Waals surface area (Å²) in [6.07, 6.45) is 7.41. The van der Waals surface area contributed by atoms with Gasteiger partial charge in [0.1, 0.15) is 5.82 Å². The molecule has 110 valence electrons. The molecule has 1 N–H and O–H groups in total. The number of aryl methyl sites for hydroxylation is 1. The second-order valence-corrected chi connectivity index (χ2v) is 5.93. The number of halogens is 2. The number of hydrogen-bond donors (Lipinski definition) is 1. The molecule has 0 saturated carbocycles. The third-order valence-electron chi connectivity index (χ3n) is 3.55. The van der Waals surface area contributed by atoms with Crippen LogP contribution in [0, 0.1) is 10.6 Å². The summed E-state index contributed by atoms with van der Waals surface area (Å²) in [6, 6.07) is 3.06. The summed E-state index contributed by atoms with van der Waals surface area (Å²) in [6.45, 7) is 3.07. The Bertz CT molecular complexity index is 633. The highest BCUT2D eigenvalue weighted by molar-refractivity contribution is 7.71. The number of benzene rings is 1. The van der Waals surface area contributed by atoms with Gasteiger partial charge in [-0.15, -0.1) is 0 Å². The third kappa shape index (κ3) is 3.61. The highest BCUT2D eigenvalue weighted by atomic mass is 35.5. The van der Waals surface area contributed by atoms with Crippen LogP contribution in [-0.2, 0) is 6.54 Å². The van der Waals surface area contributed by atoms with Crippen LogP contribution in [0.5, 0.6) is 0 Å². The zero-order valence-corrected chi connectivity index (χ0v) is 13.3. The number of rotatable bonds is 7. The van der Waals surface area contributed by atoms with Gasteiger partial charge >= 0.3 is 0 Å². The van der Waals surface area contributed by atoms with E-state index in [2.05, 4.69) is 11.9 Å². The first-order valence-corrected chi connectivity index (χ1v) is 7.99. The molecule has 0 aliphatic heterocycles. The molecule has 20 heavy (non-hydrogen) atoms. The molecule has 0 aliphatic rings. The summed E-state index contributed by atoms with van der Waals surface area (Å²) >= 11 is 11.2. The van der Waals surface area contributed by atoms with Crippen molar-refractivity contribution >= 4 is 34.9 Å². The Morgan fingerprint density at radius 3 is 2.65 bits per heavy atom. The second kappa shape index (κ2) is 7.23. The average Bonchev–Trinajstić information content (AvgIpc) is 2.70. The molecule has 2 rings (SSSR count). The Labute approximate surface area is 128 Å². The van der Waals surface area contributed by atoms with Crippen molar-refractivity contribution in [3.8, 4) is 0 Å². The molecule has 0 radical (unpaired) electrons. The summed E-state index contributed by atoms with van der Waals surface area (Å²) < 4.78 is 16.1. The van der Waals surface area contributed by atoms with Gasteiger partial charge in [0.05, 0.1) is 16.1 Å². The number of nitrogens with zero attached hydrogens (tertiary/aromatic N) is 1. The lowest BCUT2D eigenvalue weighted by atomic mass is 10.1. The van der Waals surface area contributed by atoms with Gasteiger partial charge in [-0.1, -0.05) is 50.6 Å². The predicted molar refractivity (Wildman–Crippen MR) is 85.5 cm³/mol. The van der Waals surface area contributed by atoms with E-state index in [-0.39, 0.29) is 5.02 Å². The van der Waals surface area contributed by atoms with Gasteiger partial charge in [-0.25, -0.2) is 4.39 Å². The fourth-order valence-corrected chi connectivity index (χ4v) is 2.88. The van der Waals surface area contributed by atoms with Gasteiger partial charge in [0.15, 0.2) is 4.77 Å². The number of imidazole rings is 1. The number of nitrogens with one attached hydrogen (secondary N) is 1. The van der Waals surface area contributed by atoms with Gasteiger partial charge in [-0.3, -0.25) is 0 Å². The number of hydrogen-bond acceptors (Lipinski definition) is 1. The molecule has 0 unspecified atom stereocenters. The minimum Gasteiger partial charge on any atom is -0.330 e. The van der Waals surface area contributed by atoms with Gasteiger partial charge in [-0.05, 0) is 24.7 Å². The molecule has 0 aliphatic carbocycles. The lowest BCUT2D eigenvalue weighted by Crippen LogP contribution is -1.98. The summed E-state index contributed by atoms with van der Waals surface area (Å²) in [5, 5.41) is 0.142. The minimum absolute atomic E-state index is 0.142. The van der Waals surface area contributed by atoms with E-state index in [1.165, 1.54) is 38.2 Å². The Balaban J connectivity index is 2.04. The maximum absolute atomic E-state index is 13.4. The molecule has 2 aromatic rings. The molecule has 1 heterocycles. The molecule has 0 atom stereocenters. The highest BCUT2D eigenvalue weighted by Crippen LogP contribution is 2.23. The van der Waals surface area contributed by atoms with Crippen LogP contribution in [0.3, 0.4) is 0 Å². The van der Waals surface area contributed by atoms with Crippen molar-refractivity contribution in [2.75, 3.05) is 0 Å². The summed E-state index contributed by atoms with van der Waals surface area (Å²) in [4.78, 5) is 3.04. The normalized spacial score (nSPS) is 11.3. The minimum atomic E-state index is -0.415. The van der Waals surface area contributed by atoms with Crippen LogP contribution >= 0.6 is 23.8 Å². The van der Waals surface area contributed by atoms with Crippen LogP contribution in [0.2, 0.25) is 5.02 Å². The maximum atomic E-state index is 13.4. The zero-order valence-electron chi connectivity index (χ0n) is 11.7. The Morgan fingerprint density at radius 1 is 1.20 bits per heavy atom. The van der Waals surface area contributed by atoms with Gasteiger partial charge in [0.2, 0.25) is 0 Å². The van der Waals surface area contributed by atoms with E-state index in [0.29, 0.717) is 10.3 Å². The number of H-pyrrole nitrogens is 1. The number of fused-ring (bicyclic) bond motifs is 1. The van der Waals surface area contributed by atoms with Crippen molar-refractivity contribution in [3.63, 3.8) is 0 Å². The van der Waals surface area contributed by atoms with Crippen molar-refractivity contribution in [2.45, 2.75) is 52.0 Å². The van der Waals surface area contributed by atoms with Crippen LogP contribution < -0.4 is 0 Å². The van der Waals surface area contributed by atoms with Crippen molar-refractivity contribution in [1.82, 2.24) is 9.55 Å². The van der Waals surface area contributed by atoms with Crippen molar-refractivity contribution in [3.05, 3.63) is 27.7 Å². The molecule has 1 aromatic carbocycles. The van der Waals surface area contributed by atoms with Crippen molar-refractivity contribution in [2.24, 2.45) is 0 Å². The largest absolute Gasteiger partial charge is 0.330 e.